The van der Waals surface area contributed by atoms with Gasteiger partial charge in [-0.3, -0.25) is 4.79 Å². The lowest BCUT2D eigenvalue weighted by Gasteiger charge is -2.27. The number of rotatable bonds is 5. The molecule has 0 aliphatic carbocycles. The molecular weight excluding hydrogens is 226 g/mol. The van der Waals surface area contributed by atoms with Gasteiger partial charge in [-0.05, 0) is 32.8 Å². The zero-order valence-electron chi connectivity index (χ0n) is 11.2. The molecule has 0 aromatic carbocycles. The Kier molecular flexibility index (Phi) is 4.18. The van der Waals surface area contributed by atoms with E-state index in [-0.39, 0.29) is 6.04 Å². The van der Waals surface area contributed by atoms with Crippen molar-refractivity contribution in [2.24, 2.45) is 0 Å². The van der Waals surface area contributed by atoms with Gasteiger partial charge in [0, 0.05) is 31.4 Å². The van der Waals surface area contributed by atoms with Gasteiger partial charge in [-0.1, -0.05) is 6.07 Å². The molecule has 2 heterocycles. The molecule has 1 aromatic heterocycles. The summed E-state index contributed by atoms with van der Waals surface area (Å²) in [6.45, 7) is 7.01. The van der Waals surface area contributed by atoms with Gasteiger partial charge < -0.3 is 9.80 Å². The normalized spacial score (nSPS) is 19.0. The smallest absolute Gasteiger partial charge is 0.210 e. The summed E-state index contributed by atoms with van der Waals surface area (Å²) in [4.78, 5) is 19.8. The van der Waals surface area contributed by atoms with Crippen molar-refractivity contribution in [3.63, 3.8) is 0 Å². The van der Waals surface area contributed by atoms with E-state index in [4.69, 9.17) is 0 Å². The Morgan fingerprint density at radius 3 is 2.94 bits per heavy atom. The van der Waals surface area contributed by atoms with Crippen molar-refractivity contribution in [2.75, 3.05) is 24.5 Å². The van der Waals surface area contributed by atoms with Crippen LogP contribution in [-0.2, 0) is 4.79 Å². The van der Waals surface area contributed by atoms with Crippen molar-refractivity contribution in [1.29, 1.82) is 0 Å². The van der Waals surface area contributed by atoms with Gasteiger partial charge in [0.1, 0.15) is 5.82 Å². The number of amides is 1. The van der Waals surface area contributed by atoms with Gasteiger partial charge in [0.25, 0.3) is 0 Å². The van der Waals surface area contributed by atoms with Crippen LogP contribution in [-0.4, -0.2) is 35.9 Å². The fourth-order valence-electron chi connectivity index (χ4n) is 2.71. The summed E-state index contributed by atoms with van der Waals surface area (Å²) in [5.41, 5.74) is 1.19. The molecule has 2 rings (SSSR count). The Labute approximate surface area is 109 Å². The third-order valence-corrected chi connectivity index (χ3v) is 3.67. The van der Waals surface area contributed by atoms with Crippen LogP contribution in [0.2, 0.25) is 0 Å². The Morgan fingerprint density at radius 1 is 1.50 bits per heavy atom. The summed E-state index contributed by atoms with van der Waals surface area (Å²) in [6, 6.07) is 4.27. The van der Waals surface area contributed by atoms with E-state index >= 15 is 0 Å². The lowest BCUT2D eigenvalue weighted by molar-refractivity contribution is -0.118. The third-order valence-electron chi connectivity index (χ3n) is 3.67. The molecule has 4 heteroatoms. The third kappa shape index (κ3) is 2.33. The van der Waals surface area contributed by atoms with Crippen LogP contribution in [0, 0.1) is 0 Å². The second kappa shape index (κ2) is 5.85. The van der Waals surface area contributed by atoms with Crippen molar-refractivity contribution in [2.45, 2.75) is 32.7 Å². The van der Waals surface area contributed by atoms with Crippen molar-refractivity contribution >= 4 is 12.2 Å². The van der Waals surface area contributed by atoms with Crippen LogP contribution in [0.1, 0.15) is 38.3 Å². The Balaban J connectivity index is 2.34. The number of aromatic nitrogens is 1. The van der Waals surface area contributed by atoms with Crippen molar-refractivity contribution < 1.29 is 4.79 Å². The molecule has 1 aliphatic heterocycles. The van der Waals surface area contributed by atoms with Gasteiger partial charge in [0.15, 0.2) is 0 Å². The van der Waals surface area contributed by atoms with Gasteiger partial charge in [-0.15, -0.1) is 0 Å². The first-order chi connectivity index (χ1) is 8.81. The summed E-state index contributed by atoms with van der Waals surface area (Å²) in [5.74, 6) is 1.03. The number of carbonyl (C=O) groups is 1. The van der Waals surface area contributed by atoms with Gasteiger partial charge in [-0.2, -0.15) is 0 Å². The highest BCUT2D eigenvalue weighted by Crippen LogP contribution is 2.35. The molecular formula is C14H21N3O. The molecule has 1 atom stereocenters. The highest BCUT2D eigenvalue weighted by atomic mass is 16.1. The number of carbonyl (C=O) groups excluding carboxylic acids is 1. The molecule has 1 fully saturated rings. The molecule has 4 nitrogen and oxygen atoms in total. The average Bonchev–Trinajstić information content (AvgIpc) is 2.89. The van der Waals surface area contributed by atoms with Crippen molar-refractivity contribution in [3.05, 3.63) is 23.9 Å². The molecule has 1 amide bonds. The maximum Gasteiger partial charge on any atom is 0.210 e. The number of hydrogen-bond donors (Lipinski definition) is 0. The zero-order valence-corrected chi connectivity index (χ0v) is 11.2. The molecule has 0 bridgehead atoms. The molecule has 0 saturated carbocycles. The summed E-state index contributed by atoms with van der Waals surface area (Å²) in [6.07, 6.45) is 4.92. The van der Waals surface area contributed by atoms with Crippen LogP contribution in [0.3, 0.4) is 0 Å². The Morgan fingerprint density at radius 2 is 2.28 bits per heavy atom. The van der Waals surface area contributed by atoms with Crippen LogP contribution in [0.25, 0.3) is 0 Å². The summed E-state index contributed by atoms with van der Waals surface area (Å²) < 4.78 is 0. The van der Waals surface area contributed by atoms with Gasteiger partial charge in [0.2, 0.25) is 6.41 Å². The summed E-state index contributed by atoms with van der Waals surface area (Å²) >= 11 is 0. The number of nitrogens with zero attached hydrogens (tertiary/aromatic N) is 3. The maximum absolute atomic E-state index is 11.1. The van der Waals surface area contributed by atoms with Crippen LogP contribution >= 0.6 is 0 Å². The topological polar surface area (TPSA) is 36.4 Å². The van der Waals surface area contributed by atoms with Crippen LogP contribution < -0.4 is 4.90 Å². The fourth-order valence-corrected chi connectivity index (χ4v) is 2.71. The predicted octanol–water partition coefficient (Wildman–Crippen LogP) is 2.22. The number of likely N-dealkylation sites (tertiary alicyclic amines) is 1. The lowest BCUT2D eigenvalue weighted by Crippen LogP contribution is -2.28. The number of hydrogen-bond acceptors (Lipinski definition) is 3. The van der Waals surface area contributed by atoms with E-state index in [9.17, 15) is 4.79 Å². The van der Waals surface area contributed by atoms with E-state index in [0.717, 1.165) is 44.7 Å². The Hall–Kier alpha value is -1.58. The highest BCUT2D eigenvalue weighted by molar-refractivity contribution is 5.54. The van der Waals surface area contributed by atoms with E-state index in [0.29, 0.717) is 0 Å². The highest BCUT2D eigenvalue weighted by Gasteiger charge is 2.27. The SMILES string of the molecule is CCN(CC)c1ncccc1[C@H]1CCCN1C=O. The van der Waals surface area contributed by atoms with Gasteiger partial charge in [0.05, 0.1) is 6.04 Å². The first-order valence-corrected chi connectivity index (χ1v) is 6.72. The summed E-state index contributed by atoms with van der Waals surface area (Å²) in [7, 11) is 0. The van der Waals surface area contributed by atoms with E-state index in [2.05, 4.69) is 29.8 Å². The van der Waals surface area contributed by atoms with Crippen molar-refractivity contribution in [3.8, 4) is 0 Å². The van der Waals surface area contributed by atoms with E-state index in [1.807, 2.05) is 17.2 Å². The first kappa shape index (κ1) is 12.9. The average molecular weight is 247 g/mol. The van der Waals surface area contributed by atoms with E-state index in [1.165, 1.54) is 5.56 Å². The van der Waals surface area contributed by atoms with Gasteiger partial charge >= 0.3 is 0 Å². The monoisotopic (exact) mass is 247 g/mol. The number of pyridine rings is 1. The van der Waals surface area contributed by atoms with Crippen LogP contribution in [0.15, 0.2) is 18.3 Å². The molecule has 1 saturated heterocycles. The molecule has 0 unspecified atom stereocenters. The number of anilines is 1. The van der Waals surface area contributed by atoms with Crippen molar-refractivity contribution in [1.82, 2.24) is 9.88 Å². The minimum absolute atomic E-state index is 0.201. The molecule has 18 heavy (non-hydrogen) atoms. The Bertz CT molecular complexity index is 404. The zero-order chi connectivity index (χ0) is 13.0. The fraction of sp³-hybridized carbons (Fsp3) is 0.571. The first-order valence-electron chi connectivity index (χ1n) is 6.72. The second-order valence-corrected chi connectivity index (χ2v) is 4.59. The minimum atomic E-state index is 0.201. The minimum Gasteiger partial charge on any atom is -0.357 e. The molecule has 0 spiro atoms. The molecule has 1 aromatic rings. The van der Waals surface area contributed by atoms with E-state index < -0.39 is 0 Å². The van der Waals surface area contributed by atoms with E-state index in [1.54, 1.807) is 0 Å². The standard InChI is InChI=1S/C14H21N3O/c1-3-16(4-2)14-12(7-5-9-15-14)13-8-6-10-17(13)11-18/h5,7,9,11,13H,3-4,6,8,10H2,1-2H3/t13-/m1/s1. The van der Waals surface area contributed by atoms with Gasteiger partial charge in [-0.25, -0.2) is 4.98 Å². The van der Waals surface area contributed by atoms with Crippen LogP contribution in [0.4, 0.5) is 5.82 Å². The lowest BCUT2D eigenvalue weighted by atomic mass is 10.1. The molecule has 98 valence electrons. The second-order valence-electron chi connectivity index (χ2n) is 4.59. The predicted molar refractivity (Wildman–Crippen MR) is 72.5 cm³/mol. The quantitative estimate of drug-likeness (QED) is 0.749. The maximum atomic E-state index is 11.1. The summed E-state index contributed by atoms with van der Waals surface area (Å²) in [5, 5.41) is 0. The molecule has 0 radical (unpaired) electrons. The largest absolute Gasteiger partial charge is 0.357 e. The van der Waals surface area contributed by atoms with Crippen LogP contribution in [0.5, 0.6) is 0 Å². The molecule has 0 N–H and O–H groups in total. The molecule has 1 aliphatic rings.